The Hall–Kier alpha value is -0.610. The van der Waals surface area contributed by atoms with Gasteiger partial charge in [-0.1, -0.05) is 19.3 Å². The Morgan fingerprint density at radius 1 is 1.50 bits per heavy atom. The highest BCUT2D eigenvalue weighted by Gasteiger charge is 2.42. The molecule has 1 aliphatic carbocycles. The molecule has 82 valence electrons. The smallest absolute Gasteiger partial charge is 0.335 e. The Balaban J connectivity index is 2.71. The minimum Gasteiger partial charge on any atom is -0.467 e. The highest BCUT2D eigenvalue weighted by Crippen LogP contribution is 2.38. The molecule has 1 saturated carbocycles. The van der Waals surface area contributed by atoms with Gasteiger partial charge in [0.05, 0.1) is 7.11 Å². The number of esters is 1. The maximum atomic E-state index is 11.2. The normalized spacial score (nSPS) is 22.8. The third kappa shape index (κ3) is 2.07. The van der Waals surface area contributed by atoms with Crippen molar-refractivity contribution in [2.45, 2.75) is 38.2 Å². The van der Waals surface area contributed by atoms with E-state index in [2.05, 4.69) is 4.74 Å². The molecule has 1 aliphatic rings. The Morgan fingerprint density at radius 3 is 2.50 bits per heavy atom. The number of hydrogen-bond donors (Lipinski definition) is 2. The van der Waals surface area contributed by atoms with Gasteiger partial charge in [0.15, 0.2) is 6.10 Å². The van der Waals surface area contributed by atoms with E-state index < -0.39 is 17.5 Å². The zero-order chi connectivity index (χ0) is 10.6. The summed E-state index contributed by atoms with van der Waals surface area (Å²) in [7, 11) is 1.29. The van der Waals surface area contributed by atoms with E-state index in [1.807, 2.05) is 0 Å². The Labute approximate surface area is 84.4 Å². The molecule has 3 N–H and O–H groups in total. The molecule has 1 atom stereocenters. The fraction of sp³-hybridized carbons (Fsp3) is 0.900. The number of hydrogen-bond acceptors (Lipinski definition) is 4. The predicted octanol–water partition coefficient (Wildman–Crippen LogP) is 0.429. The van der Waals surface area contributed by atoms with Crippen LogP contribution < -0.4 is 5.73 Å². The summed E-state index contributed by atoms with van der Waals surface area (Å²) in [6.45, 7) is 0.350. The molecule has 1 rings (SSSR count). The third-order valence-corrected chi connectivity index (χ3v) is 3.26. The van der Waals surface area contributed by atoms with E-state index in [-0.39, 0.29) is 0 Å². The van der Waals surface area contributed by atoms with Crippen molar-refractivity contribution in [2.75, 3.05) is 13.7 Å². The molecule has 0 bridgehead atoms. The number of carbonyl (C=O) groups excluding carboxylic acids is 1. The molecular weight excluding hydrogens is 182 g/mol. The van der Waals surface area contributed by atoms with Gasteiger partial charge < -0.3 is 15.6 Å². The largest absolute Gasteiger partial charge is 0.467 e. The number of nitrogens with two attached hydrogens (primary N) is 1. The van der Waals surface area contributed by atoms with Gasteiger partial charge in [-0.15, -0.1) is 0 Å². The first-order chi connectivity index (χ1) is 6.66. The highest BCUT2D eigenvalue weighted by molar-refractivity contribution is 5.75. The van der Waals surface area contributed by atoms with Crippen molar-refractivity contribution in [3.05, 3.63) is 0 Å². The van der Waals surface area contributed by atoms with Crippen molar-refractivity contribution in [3.63, 3.8) is 0 Å². The molecule has 0 aromatic carbocycles. The molecule has 1 fully saturated rings. The van der Waals surface area contributed by atoms with Crippen LogP contribution in [0.25, 0.3) is 0 Å². The fourth-order valence-corrected chi connectivity index (χ4v) is 2.21. The molecule has 0 radical (unpaired) electrons. The molecule has 4 heteroatoms. The van der Waals surface area contributed by atoms with Gasteiger partial charge in [-0.25, -0.2) is 4.79 Å². The third-order valence-electron chi connectivity index (χ3n) is 3.26. The van der Waals surface area contributed by atoms with Crippen LogP contribution in [0.3, 0.4) is 0 Å². The summed E-state index contributed by atoms with van der Waals surface area (Å²) in [6.07, 6.45) is 3.81. The van der Waals surface area contributed by atoms with Crippen LogP contribution in [-0.4, -0.2) is 30.8 Å². The minimum atomic E-state index is -1.06. The second kappa shape index (κ2) is 4.75. The molecule has 0 amide bonds. The maximum absolute atomic E-state index is 11.2. The lowest BCUT2D eigenvalue weighted by atomic mass is 9.70. The molecule has 1 unspecified atom stereocenters. The minimum absolute atomic E-state index is 0.350. The predicted molar refractivity (Wildman–Crippen MR) is 52.6 cm³/mol. The molecule has 0 aromatic rings. The van der Waals surface area contributed by atoms with Crippen molar-refractivity contribution in [1.29, 1.82) is 0 Å². The number of ether oxygens (including phenoxy) is 1. The average Bonchev–Trinajstić information content (AvgIpc) is 2.28. The van der Waals surface area contributed by atoms with E-state index in [1.54, 1.807) is 0 Å². The number of carbonyl (C=O) groups is 1. The van der Waals surface area contributed by atoms with Crippen molar-refractivity contribution in [1.82, 2.24) is 0 Å². The number of aliphatic hydroxyl groups excluding tert-OH is 1. The van der Waals surface area contributed by atoms with Gasteiger partial charge in [0.2, 0.25) is 0 Å². The van der Waals surface area contributed by atoms with Gasteiger partial charge in [0.25, 0.3) is 0 Å². The van der Waals surface area contributed by atoms with Crippen LogP contribution in [0.2, 0.25) is 0 Å². The van der Waals surface area contributed by atoms with E-state index in [1.165, 1.54) is 7.11 Å². The fourth-order valence-electron chi connectivity index (χ4n) is 2.21. The number of rotatable bonds is 3. The zero-order valence-electron chi connectivity index (χ0n) is 8.66. The average molecular weight is 201 g/mol. The second-order valence-electron chi connectivity index (χ2n) is 4.05. The van der Waals surface area contributed by atoms with Crippen LogP contribution in [0.1, 0.15) is 32.1 Å². The van der Waals surface area contributed by atoms with Gasteiger partial charge in [-0.2, -0.15) is 0 Å². The first-order valence-electron chi connectivity index (χ1n) is 5.12. The van der Waals surface area contributed by atoms with Gasteiger partial charge in [-0.05, 0) is 12.8 Å². The monoisotopic (exact) mass is 201 g/mol. The summed E-state index contributed by atoms with van der Waals surface area (Å²) in [5.41, 5.74) is 5.22. The summed E-state index contributed by atoms with van der Waals surface area (Å²) >= 11 is 0. The standard InChI is InChI=1S/C10H19NO3/c1-14-9(13)8(12)10(7-11)5-3-2-4-6-10/h8,12H,2-7,11H2,1H3. The summed E-state index contributed by atoms with van der Waals surface area (Å²) in [4.78, 5) is 11.2. The molecule has 4 nitrogen and oxygen atoms in total. The Bertz CT molecular complexity index is 200. The van der Waals surface area contributed by atoms with Crippen LogP contribution in [0, 0.1) is 5.41 Å². The van der Waals surface area contributed by atoms with E-state index in [9.17, 15) is 9.90 Å². The van der Waals surface area contributed by atoms with E-state index in [0.29, 0.717) is 6.54 Å². The van der Waals surface area contributed by atoms with E-state index >= 15 is 0 Å². The van der Waals surface area contributed by atoms with Crippen molar-refractivity contribution < 1.29 is 14.6 Å². The number of methoxy groups -OCH3 is 1. The molecular formula is C10H19NO3. The van der Waals surface area contributed by atoms with Crippen LogP contribution in [0.15, 0.2) is 0 Å². The first kappa shape index (κ1) is 11.5. The maximum Gasteiger partial charge on any atom is 0.335 e. The molecule has 0 aliphatic heterocycles. The number of aliphatic hydroxyl groups is 1. The lowest BCUT2D eigenvalue weighted by Crippen LogP contribution is -2.47. The van der Waals surface area contributed by atoms with Crippen LogP contribution in [0.4, 0.5) is 0 Å². The quantitative estimate of drug-likeness (QED) is 0.649. The topological polar surface area (TPSA) is 72.5 Å². The summed E-state index contributed by atoms with van der Waals surface area (Å²) in [5, 5.41) is 9.84. The van der Waals surface area contributed by atoms with E-state index in [4.69, 9.17) is 5.73 Å². The lowest BCUT2D eigenvalue weighted by Gasteiger charge is -2.38. The van der Waals surface area contributed by atoms with Crippen LogP contribution >= 0.6 is 0 Å². The van der Waals surface area contributed by atoms with Crippen LogP contribution in [-0.2, 0) is 9.53 Å². The lowest BCUT2D eigenvalue weighted by molar-refractivity contribution is -0.159. The van der Waals surface area contributed by atoms with Crippen LogP contribution in [0.5, 0.6) is 0 Å². The summed E-state index contributed by atoms with van der Waals surface area (Å²) < 4.78 is 4.55. The van der Waals surface area contributed by atoms with Crippen molar-refractivity contribution in [3.8, 4) is 0 Å². The highest BCUT2D eigenvalue weighted by atomic mass is 16.5. The summed E-state index contributed by atoms with van der Waals surface area (Å²) in [5.74, 6) is -0.558. The van der Waals surface area contributed by atoms with Gasteiger partial charge in [0.1, 0.15) is 0 Å². The molecule has 14 heavy (non-hydrogen) atoms. The van der Waals surface area contributed by atoms with Gasteiger partial charge in [0, 0.05) is 12.0 Å². The van der Waals surface area contributed by atoms with Gasteiger partial charge >= 0.3 is 5.97 Å². The first-order valence-corrected chi connectivity index (χ1v) is 5.12. The summed E-state index contributed by atoms with van der Waals surface area (Å²) in [6, 6.07) is 0. The van der Waals surface area contributed by atoms with Crippen molar-refractivity contribution >= 4 is 5.97 Å². The van der Waals surface area contributed by atoms with Gasteiger partial charge in [-0.3, -0.25) is 0 Å². The van der Waals surface area contributed by atoms with E-state index in [0.717, 1.165) is 32.1 Å². The molecule has 0 saturated heterocycles. The molecule has 0 spiro atoms. The Kier molecular flexibility index (Phi) is 3.89. The molecule has 0 aromatic heterocycles. The Morgan fingerprint density at radius 2 is 2.07 bits per heavy atom. The SMILES string of the molecule is COC(=O)C(O)C1(CN)CCCCC1. The zero-order valence-corrected chi connectivity index (χ0v) is 8.66. The van der Waals surface area contributed by atoms with Crippen molar-refractivity contribution in [2.24, 2.45) is 11.1 Å². The molecule has 0 heterocycles. The second-order valence-corrected chi connectivity index (χ2v) is 4.05.